The van der Waals surface area contributed by atoms with Crippen molar-refractivity contribution in [2.75, 3.05) is 26.3 Å². The molecule has 1 aliphatic rings. The van der Waals surface area contributed by atoms with E-state index in [1.165, 1.54) is 0 Å². The van der Waals surface area contributed by atoms with Crippen LogP contribution in [0.15, 0.2) is 12.2 Å². The third-order valence-electron chi connectivity index (χ3n) is 3.87. The number of rotatable bonds is 7. The van der Waals surface area contributed by atoms with E-state index in [4.69, 9.17) is 4.74 Å². The summed E-state index contributed by atoms with van der Waals surface area (Å²) < 4.78 is 9.68. The third kappa shape index (κ3) is 6.31. The first-order valence-corrected chi connectivity index (χ1v) is 8.26. The quantitative estimate of drug-likeness (QED) is 0.549. The van der Waals surface area contributed by atoms with Gasteiger partial charge in [-0.1, -0.05) is 13.8 Å². The molecule has 136 valence electrons. The lowest BCUT2D eigenvalue weighted by molar-refractivity contribution is -0.155. The molecule has 1 saturated heterocycles. The second-order valence-corrected chi connectivity index (χ2v) is 6.47. The normalized spacial score (nSPS) is 16.8. The van der Waals surface area contributed by atoms with E-state index in [9.17, 15) is 19.5 Å². The van der Waals surface area contributed by atoms with Crippen LogP contribution < -0.4 is 0 Å². The lowest BCUT2D eigenvalue weighted by atomic mass is 9.86. The average molecular weight is 341 g/mol. The number of aliphatic hydroxyl groups is 1. The third-order valence-corrected chi connectivity index (χ3v) is 3.87. The Morgan fingerprint density at radius 1 is 1.08 bits per heavy atom. The van der Waals surface area contributed by atoms with Gasteiger partial charge in [0.15, 0.2) is 0 Å². The minimum Gasteiger partial charge on any atom is -0.463 e. The molecule has 1 rings (SSSR count). The predicted molar refractivity (Wildman–Crippen MR) is 87.0 cm³/mol. The van der Waals surface area contributed by atoms with Crippen molar-refractivity contribution in [3.05, 3.63) is 12.2 Å². The molecule has 1 amide bonds. The number of carbonyl (C=O) groups excluding carboxylic acids is 3. The lowest BCUT2D eigenvalue weighted by Gasteiger charge is -2.34. The monoisotopic (exact) mass is 341 g/mol. The van der Waals surface area contributed by atoms with E-state index in [0.29, 0.717) is 13.1 Å². The zero-order valence-corrected chi connectivity index (χ0v) is 14.6. The Balaban J connectivity index is 2.50. The molecule has 0 aromatic rings. The van der Waals surface area contributed by atoms with Crippen molar-refractivity contribution in [3.8, 4) is 0 Å². The summed E-state index contributed by atoms with van der Waals surface area (Å²) in [5, 5.41) is 10.3. The van der Waals surface area contributed by atoms with Crippen molar-refractivity contribution >= 4 is 17.8 Å². The second-order valence-electron chi connectivity index (χ2n) is 6.47. The Hall–Kier alpha value is -1.89. The van der Waals surface area contributed by atoms with Gasteiger partial charge in [0.05, 0.1) is 13.2 Å². The summed E-state index contributed by atoms with van der Waals surface area (Å²) in [5.74, 6) is -1.69. The number of likely N-dealkylation sites (tertiary alicyclic amines) is 1. The summed E-state index contributed by atoms with van der Waals surface area (Å²) >= 11 is 0. The van der Waals surface area contributed by atoms with E-state index >= 15 is 0 Å². The summed E-state index contributed by atoms with van der Waals surface area (Å²) in [5.41, 5.74) is -0.929. The highest BCUT2D eigenvalue weighted by Gasteiger charge is 2.37. The highest BCUT2D eigenvalue weighted by molar-refractivity contribution is 5.91. The summed E-state index contributed by atoms with van der Waals surface area (Å²) in [6.07, 6.45) is 3.66. The number of ether oxygens (including phenoxy) is 2. The molecular weight excluding hydrogens is 314 g/mol. The fourth-order valence-electron chi connectivity index (χ4n) is 2.33. The Morgan fingerprint density at radius 2 is 1.62 bits per heavy atom. The maximum atomic E-state index is 12.3. The molecule has 1 N–H and O–H groups in total. The molecule has 1 atom stereocenters. The highest BCUT2D eigenvalue weighted by atomic mass is 16.5. The fraction of sp³-hybridized carbons (Fsp3) is 0.706. The van der Waals surface area contributed by atoms with Crippen molar-refractivity contribution in [3.63, 3.8) is 0 Å². The molecule has 1 heterocycles. The van der Waals surface area contributed by atoms with Gasteiger partial charge in [0, 0.05) is 30.7 Å². The summed E-state index contributed by atoms with van der Waals surface area (Å²) in [6, 6.07) is 0. The maximum Gasteiger partial charge on any atom is 0.331 e. The van der Waals surface area contributed by atoms with Crippen molar-refractivity contribution in [2.24, 2.45) is 5.41 Å². The smallest absolute Gasteiger partial charge is 0.331 e. The van der Waals surface area contributed by atoms with Crippen molar-refractivity contribution < 1.29 is 29.0 Å². The van der Waals surface area contributed by atoms with E-state index in [1.807, 2.05) is 0 Å². The Morgan fingerprint density at radius 3 is 2.17 bits per heavy atom. The highest BCUT2D eigenvalue weighted by Crippen LogP contribution is 2.24. The van der Waals surface area contributed by atoms with Crippen LogP contribution in [0.5, 0.6) is 0 Å². The molecule has 7 nitrogen and oxygen atoms in total. The Kier molecular flexibility index (Phi) is 7.91. The van der Waals surface area contributed by atoms with Crippen LogP contribution in [0.3, 0.4) is 0 Å². The van der Waals surface area contributed by atoms with Crippen molar-refractivity contribution in [2.45, 2.75) is 46.1 Å². The molecule has 0 spiro atoms. The standard InChI is InChI=1S/C17H27NO6/c1-4-23-13(19)8-9-14(20)24-12-17(2,3)15(21)16(22)18-10-6-5-7-11-18/h8-9,15,21H,4-7,10-12H2,1-3H3/b9-8+/t15-/m0/s1. The molecule has 0 bridgehead atoms. The van der Waals surface area contributed by atoms with Crippen LogP contribution in [0.1, 0.15) is 40.0 Å². The minimum absolute atomic E-state index is 0.139. The van der Waals surface area contributed by atoms with Gasteiger partial charge < -0.3 is 19.5 Å². The van der Waals surface area contributed by atoms with E-state index in [0.717, 1.165) is 31.4 Å². The molecule has 0 radical (unpaired) electrons. The van der Waals surface area contributed by atoms with E-state index in [2.05, 4.69) is 4.74 Å². The number of nitrogens with zero attached hydrogens (tertiary/aromatic N) is 1. The zero-order valence-electron chi connectivity index (χ0n) is 14.6. The number of amides is 1. The maximum absolute atomic E-state index is 12.3. The van der Waals surface area contributed by atoms with Gasteiger partial charge in [-0.3, -0.25) is 4.79 Å². The van der Waals surface area contributed by atoms with Gasteiger partial charge >= 0.3 is 11.9 Å². The Bertz CT molecular complexity index is 479. The molecule has 0 aliphatic carbocycles. The number of esters is 2. The number of piperidine rings is 1. The molecule has 0 unspecified atom stereocenters. The molecule has 0 aromatic heterocycles. The number of carbonyl (C=O) groups is 3. The van der Waals surface area contributed by atoms with Gasteiger partial charge in [-0.15, -0.1) is 0 Å². The number of hydrogen-bond donors (Lipinski definition) is 1. The molecule has 0 saturated carbocycles. The largest absolute Gasteiger partial charge is 0.463 e. The number of hydrogen-bond acceptors (Lipinski definition) is 6. The first kappa shape index (κ1) is 20.2. The van der Waals surface area contributed by atoms with Crippen LogP contribution in [-0.2, 0) is 23.9 Å². The minimum atomic E-state index is -1.25. The number of aliphatic hydroxyl groups excluding tert-OH is 1. The van der Waals surface area contributed by atoms with Gasteiger partial charge in [0.2, 0.25) is 0 Å². The van der Waals surface area contributed by atoms with Gasteiger partial charge in [0.1, 0.15) is 6.10 Å². The first-order chi connectivity index (χ1) is 11.3. The second kappa shape index (κ2) is 9.42. The van der Waals surface area contributed by atoms with Crippen molar-refractivity contribution in [1.29, 1.82) is 0 Å². The Labute approximate surface area is 142 Å². The molecular formula is C17H27NO6. The van der Waals surface area contributed by atoms with Crippen molar-refractivity contribution in [1.82, 2.24) is 4.90 Å². The van der Waals surface area contributed by atoms with Crippen LogP contribution in [0.25, 0.3) is 0 Å². The summed E-state index contributed by atoms with van der Waals surface area (Å²) in [7, 11) is 0. The first-order valence-electron chi connectivity index (χ1n) is 8.26. The average Bonchev–Trinajstić information content (AvgIpc) is 2.58. The molecule has 1 fully saturated rings. The molecule has 24 heavy (non-hydrogen) atoms. The van der Waals surface area contributed by atoms with Gasteiger partial charge in [0.25, 0.3) is 5.91 Å². The van der Waals surface area contributed by atoms with Crippen LogP contribution in [0.4, 0.5) is 0 Å². The molecule has 0 aromatic carbocycles. The van der Waals surface area contributed by atoms with E-state index in [-0.39, 0.29) is 19.1 Å². The molecule has 1 aliphatic heterocycles. The van der Waals surface area contributed by atoms with Gasteiger partial charge in [-0.05, 0) is 26.2 Å². The molecule has 7 heteroatoms. The van der Waals surface area contributed by atoms with Crippen LogP contribution in [0, 0.1) is 5.41 Å². The zero-order chi connectivity index (χ0) is 18.2. The SMILES string of the molecule is CCOC(=O)/C=C/C(=O)OCC(C)(C)[C@@H](O)C(=O)N1CCCCC1. The van der Waals surface area contributed by atoms with Crippen LogP contribution in [0.2, 0.25) is 0 Å². The van der Waals surface area contributed by atoms with Crippen LogP contribution >= 0.6 is 0 Å². The fourth-order valence-corrected chi connectivity index (χ4v) is 2.33. The van der Waals surface area contributed by atoms with E-state index < -0.39 is 23.5 Å². The van der Waals surface area contributed by atoms with Gasteiger partial charge in [-0.2, -0.15) is 0 Å². The topological polar surface area (TPSA) is 93.1 Å². The lowest BCUT2D eigenvalue weighted by Crippen LogP contribution is -2.49. The van der Waals surface area contributed by atoms with Gasteiger partial charge in [-0.25, -0.2) is 9.59 Å². The summed E-state index contributed by atoms with van der Waals surface area (Å²) in [4.78, 5) is 36.7. The summed E-state index contributed by atoms with van der Waals surface area (Å²) in [6.45, 7) is 6.34. The van der Waals surface area contributed by atoms with Crippen LogP contribution in [-0.4, -0.2) is 60.3 Å². The van der Waals surface area contributed by atoms with E-state index in [1.54, 1.807) is 25.7 Å². The predicted octanol–water partition coefficient (Wildman–Crippen LogP) is 1.05.